The van der Waals surface area contributed by atoms with Crippen molar-refractivity contribution >= 4 is 45.1 Å². The number of nitro groups is 1. The third kappa shape index (κ3) is 6.22. The normalized spacial score (nSPS) is 13.6. The van der Waals surface area contributed by atoms with Gasteiger partial charge in [0.05, 0.1) is 16.2 Å². The smallest absolute Gasteiger partial charge is 0.329 e. The van der Waals surface area contributed by atoms with Crippen LogP contribution in [-0.2, 0) is 24.2 Å². The summed E-state index contributed by atoms with van der Waals surface area (Å²) in [5, 5.41) is 11.4. The summed E-state index contributed by atoms with van der Waals surface area (Å²) >= 11 is 0. The van der Waals surface area contributed by atoms with E-state index in [0.717, 1.165) is 12.3 Å². The number of nitrogens with zero attached hydrogens (tertiary/aromatic N) is 2. The van der Waals surface area contributed by atoms with E-state index in [1.54, 1.807) is 0 Å². The maximum absolute atomic E-state index is 13.0. The Bertz CT molecular complexity index is 1410. The molecule has 2 amide bonds. The Balaban J connectivity index is 1.82. The minimum Gasteiger partial charge on any atom is -0.456 e. The van der Waals surface area contributed by atoms with Gasteiger partial charge in [-0.1, -0.05) is 6.07 Å². The van der Waals surface area contributed by atoms with Gasteiger partial charge in [0, 0.05) is 24.8 Å². The molecule has 0 radical (unpaired) electrons. The minimum atomic E-state index is -3.66. The molecule has 0 saturated heterocycles. The van der Waals surface area contributed by atoms with Crippen LogP contribution < -0.4 is 4.74 Å². The monoisotopic (exact) mass is 532 g/mol. The van der Waals surface area contributed by atoms with E-state index in [-0.39, 0.29) is 16.9 Å². The first-order chi connectivity index (χ1) is 17.3. The fraction of sp³-hybridized carbons (Fsp3) is 0.261. The number of hydrogen-bond donors (Lipinski definition) is 0. The average molecular weight is 532 g/mol. The number of ether oxygens (including phenoxy) is 2. The van der Waals surface area contributed by atoms with Crippen molar-refractivity contribution in [3.8, 4) is 5.75 Å². The minimum absolute atomic E-state index is 0.0905. The maximum Gasteiger partial charge on any atom is 0.329 e. The number of sulfone groups is 1. The van der Waals surface area contributed by atoms with Crippen molar-refractivity contribution in [2.75, 3.05) is 18.6 Å². The highest BCUT2D eigenvalue weighted by Gasteiger charge is 2.47. The third-order valence-electron chi connectivity index (χ3n) is 5.25. The zero-order chi connectivity index (χ0) is 27.5. The predicted molar refractivity (Wildman–Crippen MR) is 125 cm³/mol. The summed E-state index contributed by atoms with van der Waals surface area (Å²) in [6, 6.07) is 6.95. The number of fused-ring (bicyclic) bond motifs is 1. The molecule has 1 atom stereocenters. The molecule has 0 N–H and O–H groups in total. The standard InChI is InChI=1S/C23H20N2O11S/c1-13(26)36-15-8-6-14(7-9-15)19(27)12-35-23(30)18(10-11-37(2,33)34)24-21(28)16-4-3-5-17(25(31)32)20(16)22(24)29/h3-9,18H,10-12H2,1-2H3/t18-/m0/s1. The lowest BCUT2D eigenvalue weighted by molar-refractivity contribution is -0.385. The highest BCUT2D eigenvalue weighted by molar-refractivity contribution is 7.90. The largest absolute Gasteiger partial charge is 0.456 e. The van der Waals surface area contributed by atoms with Gasteiger partial charge in [-0.15, -0.1) is 0 Å². The van der Waals surface area contributed by atoms with E-state index in [4.69, 9.17) is 9.47 Å². The lowest BCUT2D eigenvalue weighted by atomic mass is 10.1. The number of nitro benzene ring substituents is 1. The van der Waals surface area contributed by atoms with E-state index >= 15 is 0 Å². The van der Waals surface area contributed by atoms with Gasteiger partial charge in [0.15, 0.2) is 12.4 Å². The quantitative estimate of drug-likeness (QED) is 0.107. The summed E-state index contributed by atoms with van der Waals surface area (Å²) in [7, 11) is -3.66. The number of ketones is 1. The van der Waals surface area contributed by atoms with Gasteiger partial charge in [-0.25, -0.2) is 13.2 Å². The molecule has 14 heteroatoms. The molecule has 1 heterocycles. The van der Waals surface area contributed by atoms with Crippen molar-refractivity contribution in [2.24, 2.45) is 0 Å². The van der Waals surface area contributed by atoms with Crippen LogP contribution in [0.4, 0.5) is 5.69 Å². The van der Waals surface area contributed by atoms with Crippen LogP contribution in [0.5, 0.6) is 5.75 Å². The second-order valence-electron chi connectivity index (χ2n) is 8.02. The number of benzene rings is 2. The zero-order valence-corrected chi connectivity index (χ0v) is 20.4. The van der Waals surface area contributed by atoms with Crippen molar-refractivity contribution in [1.82, 2.24) is 4.90 Å². The molecule has 2 aromatic rings. The third-order valence-corrected chi connectivity index (χ3v) is 6.23. The fourth-order valence-electron chi connectivity index (χ4n) is 3.59. The number of carbonyl (C=O) groups is 5. The van der Waals surface area contributed by atoms with Crippen molar-refractivity contribution in [1.29, 1.82) is 0 Å². The summed E-state index contributed by atoms with van der Waals surface area (Å²) in [6.07, 6.45) is 0.327. The van der Waals surface area contributed by atoms with Gasteiger partial charge in [0.1, 0.15) is 27.2 Å². The Hall–Kier alpha value is -4.46. The van der Waals surface area contributed by atoms with Gasteiger partial charge in [-0.3, -0.25) is 34.2 Å². The van der Waals surface area contributed by atoms with Crippen LogP contribution in [0.1, 0.15) is 44.4 Å². The Morgan fingerprint density at radius 3 is 2.27 bits per heavy atom. The molecule has 2 aromatic carbocycles. The summed E-state index contributed by atoms with van der Waals surface area (Å²) in [4.78, 5) is 73.3. The van der Waals surface area contributed by atoms with Crippen molar-refractivity contribution < 1.29 is 46.8 Å². The summed E-state index contributed by atoms with van der Waals surface area (Å²) in [5.41, 5.74) is -1.41. The summed E-state index contributed by atoms with van der Waals surface area (Å²) in [6.45, 7) is 0.385. The molecule has 0 saturated carbocycles. The Labute approximate surface area is 210 Å². The Kier molecular flexibility index (Phi) is 7.81. The number of esters is 2. The molecular weight excluding hydrogens is 512 g/mol. The molecule has 0 aliphatic carbocycles. The zero-order valence-electron chi connectivity index (χ0n) is 19.5. The van der Waals surface area contributed by atoms with E-state index in [1.807, 2.05) is 0 Å². The molecule has 3 rings (SSSR count). The topological polar surface area (TPSA) is 184 Å². The lowest BCUT2D eigenvalue weighted by Crippen LogP contribution is -2.47. The van der Waals surface area contributed by atoms with E-state index in [1.165, 1.54) is 43.3 Å². The molecular formula is C23H20N2O11S. The van der Waals surface area contributed by atoms with Gasteiger partial charge >= 0.3 is 11.9 Å². The molecule has 0 fully saturated rings. The molecule has 0 spiro atoms. The Morgan fingerprint density at radius 1 is 1.05 bits per heavy atom. The number of carbonyl (C=O) groups excluding carboxylic acids is 5. The first kappa shape index (κ1) is 27.1. The van der Waals surface area contributed by atoms with Crippen LogP contribution in [-0.4, -0.2) is 72.4 Å². The van der Waals surface area contributed by atoms with Gasteiger partial charge < -0.3 is 9.47 Å². The highest BCUT2D eigenvalue weighted by atomic mass is 32.2. The van der Waals surface area contributed by atoms with Gasteiger partial charge in [0.25, 0.3) is 17.5 Å². The second kappa shape index (κ2) is 10.7. The highest BCUT2D eigenvalue weighted by Crippen LogP contribution is 2.33. The van der Waals surface area contributed by atoms with Gasteiger partial charge in [0.2, 0.25) is 0 Å². The molecule has 1 aliphatic heterocycles. The van der Waals surface area contributed by atoms with Crippen LogP contribution in [0.25, 0.3) is 0 Å². The number of rotatable bonds is 10. The predicted octanol–water partition coefficient (Wildman–Crippen LogP) is 1.35. The Morgan fingerprint density at radius 2 is 1.70 bits per heavy atom. The maximum atomic E-state index is 13.0. The van der Waals surface area contributed by atoms with E-state index in [2.05, 4.69) is 0 Å². The first-order valence-electron chi connectivity index (χ1n) is 10.6. The van der Waals surface area contributed by atoms with Crippen LogP contribution >= 0.6 is 0 Å². The lowest BCUT2D eigenvalue weighted by Gasteiger charge is -2.24. The van der Waals surface area contributed by atoms with Crippen LogP contribution in [0.3, 0.4) is 0 Å². The molecule has 0 unspecified atom stereocenters. The molecule has 0 aromatic heterocycles. The summed E-state index contributed by atoms with van der Waals surface area (Å²) in [5.74, 6) is -5.11. The van der Waals surface area contributed by atoms with E-state index < -0.39 is 80.4 Å². The number of amides is 2. The molecule has 1 aliphatic rings. The second-order valence-corrected chi connectivity index (χ2v) is 10.3. The number of Topliss-reactive ketones (excluding diaryl/α,β-unsaturated/α-hetero) is 1. The number of hydrogen-bond acceptors (Lipinski definition) is 11. The molecule has 13 nitrogen and oxygen atoms in total. The van der Waals surface area contributed by atoms with Crippen molar-refractivity contribution in [2.45, 2.75) is 19.4 Å². The SMILES string of the molecule is CC(=O)Oc1ccc(C(=O)COC(=O)[C@H](CCS(C)(=O)=O)N2C(=O)c3cccc([N+](=O)[O-])c3C2=O)cc1. The van der Waals surface area contributed by atoms with E-state index in [9.17, 15) is 42.5 Å². The van der Waals surface area contributed by atoms with Gasteiger partial charge in [-0.05, 0) is 36.8 Å². The van der Waals surface area contributed by atoms with Crippen molar-refractivity contribution in [3.05, 3.63) is 69.3 Å². The van der Waals surface area contributed by atoms with E-state index in [0.29, 0.717) is 4.90 Å². The molecule has 194 valence electrons. The summed E-state index contributed by atoms with van der Waals surface area (Å²) < 4.78 is 33.3. The first-order valence-corrected chi connectivity index (χ1v) is 12.7. The number of imide groups is 1. The van der Waals surface area contributed by atoms with Crippen LogP contribution in [0.2, 0.25) is 0 Å². The van der Waals surface area contributed by atoms with Gasteiger partial charge in [-0.2, -0.15) is 0 Å². The average Bonchev–Trinajstić information content (AvgIpc) is 3.07. The van der Waals surface area contributed by atoms with Crippen molar-refractivity contribution in [3.63, 3.8) is 0 Å². The van der Waals surface area contributed by atoms with Crippen LogP contribution in [0, 0.1) is 10.1 Å². The fourth-order valence-corrected chi connectivity index (χ4v) is 4.24. The molecule has 0 bridgehead atoms. The van der Waals surface area contributed by atoms with Crippen LogP contribution in [0.15, 0.2) is 42.5 Å². The molecule has 37 heavy (non-hydrogen) atoms.